The van der Waals surface area contributed by atoms with Crippen LogP contribution in [0.15, 0.2) is 47.5 Å². The Kier molecular flexibility index (Phi) is 6.85. The van der Waals surface area contributed by atoms with E-state index in [0.717, 1.165) is 12.1 Å². The fourth-order valence-electron chi connectivity index (χ4n) is 2.10. The molecule has 0 bridgehead atoms. The molecule has 2 aromatic carbocycles. The molecule has 0 atom stereocenters. The first-order chi connectivity index (χ1) is 13.2. The first kappa shape index (κ1) is 21.1. The van der Waals surface area contributed by atoms with Gasteiger partial charge in [0.25, 0.3) is 0 Å². The summed E-state index contributed by atoms with van der Waals surface area (Å²) in [6.07, 6.45) is -4.79. The van der Waals surface area contributed by atoms with Gasteiger partial charge in [0, 0.05) is 17.3 Å². The van der Waals surface area contributed by atoms with Gasteiger partial charge in [-0.1, -0.05) is 0 Å². The van der Waals surface area contributed by atoms with Crippen molar-refractivity contribution in [3.8, 4) is 17.2 Å². The van der Waals surface area contributed by atoms with Gasteiger partial charge in [-0.15, -0.1) is 13.2 Å². The number of nitrogens with one attached hydrogen (secondary N) is 1. The lowest BCUT2D eigenvalue weighted by Crippen LogP contribution is -2.22. The molecule has 3 N–H and O–H groups in total. The average molecular weight is 405 g/mol. The molecule has 0 saturated carbocycles. The Hall–Kier alpha value is -3.24. The van der Waals surface area contributed by atoms with Crippen LogP contribution < -0.4 is 25.3 Å². The highest BCUT2D eigenvalue weighted by atomic mass is 19.4. The summed E-state index contributed by atoms with van der Waals surface area (Å²) in [5, 5.41) is 2.66. The second-order valence-corrected chi connectivity index (χ2v) is 5.25. The first-order valence-electron chi connectivity index (χ1n) is 7.71. The maximum Gasteiger partial charge on any atom is 0.573 e. The Morgan fingerprint density at radius 3 is 2.32 bits per heavy atom. The van der Waals surface area contributed by atoms with E-state index < -0.39 is 13.0 Å². The van der Waals surface area contributed by atoms with E-state index >= 15 is 0 Å². The minimum absolute atomic E-state index is 0.0803. The summed E-state index contributed by atoms with van der Waals surface area (Å²) in [5.41, 5.74) is 6.40. The molecule has 152 valence electrons. The van der Waals surface area contributed by atoms with Gasteiger partial charge in [-0.05, 0) is 36.4 Å². The summed E-state index contributed by atoms with van der Waals surface area (Å²) < 4.78 is 74.6. The summed E-state index contributed by atoms with van der Waals surface area (Å²) in [4.78, 5) is 4.00. The molecule has 0 aromatic heterocycles. The lowest BCUT2D eigenvalue weighted by atomic mass is 10.2. The van der Waals surface area contributed by atoms with Crippen molar-refractivity contribution in [1.82, 2.24) is 0 Å². The predicted octanol–water partition coefficient (Wildman–Crippen LogP) is 4.12. The number of benzene rings is 2. The van der Waals surface area contributed by atoms with Crippen molar-refractivity contribution in [1.29, 1.82) is 0 Å². The Morgan fingerprint density at radius 1 is 1.11 bits per heavy atom. The number of guanidine groups is 1. The van der Waals surface area contributed by atoms with Crippen LogP contribution in [0.5, 0.6) is 17.2 Å². The Bertz CT molecular complexity index is 811. The predicted molar refractivity (Wildman–Crippen MR) is 91.7 cm³/mol. The normalized spacial score (nSPS) is 12.0. The van der Waals surface area contributed by atoms with Crippen LogP contribution in [-0.2, 0) is 6.54 Å². The molecular weight excluding hydrogens is 389 g/mol. The summed E-state index contributed by atoms with van der Waals surface area (Å²) in [6.45, 7) is -3.11. The molecule has 2 rings (SSSR count). The van der Waals surface area contributed by atoms with Gasteiger partial charge in [-0.25, -0.2) is 4.99 Å². The van der Waals surface area contributed by atoms with E-state index in [9.17, 15) is 22.0 Å². The number of nitrogens with two attached hydrogens (primary N) is 1. The molecule has 0 fully saturated rings. The van der Waals surface area contributed by atoms with Crippen molar-refractivity contribution in [3.05, 3.63) is 48.0 Å². The number of hydrogen-bond acceptors (Lipinski definition) is 4. The Labute approximate surface area is 156 Å². The number of alkyl halides is 5. The summed E-state index contributed by atoms with van der Waals surface area (Å²) in [7, 11) is 1.38. The number of nitrogens with zero attached hydrogens (tertiary/aromatic N) is 1. The van der Waals surface area contributed by atoms with Crippen molar-refractivity contribution in [3.63, 3.8) is 0 Å². The lowest BCUT2D eigenvalue weighted by Gasteiger charge is -2.12. The highest BCUT2D eigenvalue weighted by Gasteiger charge is 2.30. The second-order valence-electron chi connectivity index (χ2n) is 5.25. The quantitative estimate of drug-likeness (QED) is 0.412. The van der Waals surface area contributed by atoms with E-state index in [1.807, 2.05) is 0 Å². The van der Waals surface area contributed by atoms with Crippen LogP contribution >= 0.6 is 0 Å². The fraction of sp³-hybridized carbons (Fsp3) is 0.235. The van der Waals surface area contributed by atoms with Gasteiger partial charge < -0.3 is 25.3 Å². The summed E-state index contributed by atoms with van der Waals surface area (Å²) in [5.74, 6) is -0.251. The molecule has 0 radical (unpaired) electrons. The average Bonchev–Trinajstić information content (AvgIpc) is 2.60. The summed E-state index contributed by atoms with van der Waals surface area (Å²) in [6, 6.07) is 9.15. The molecule has 2 aromatic rings. The monoisotopic (exact) mass is 405 g/mol. The molecule has 0 saturated heterocycles. The van der Waals surface area contributed by atoms with Gasteiger partial charge in [0.05, 0.1) is 13.7 Å². The zero-order chi connectivity index (χ0) is 20.7. The fourth-order valence-corrected chi connectivity index (χ4v) is 2.10. The third-order valence-corrected chi connectivity index (χ3v) is 3.27. The van der Waals surface area contributed by atoms with Gasteiger partial charge in [-0.3, -0.25) is 0 Å². The van der Waals surface area contributed by atoms with Crippen molar-refractivity contribution in [2.45, 2.75) is 19.5 Å². The molecule has 0 heterocycles. The topological polar surface area (TPSA) is 78.1 Å². The highest BCUT2D eigenvalue weighted by molar-refractivity contribution is 5.92. The Morgan fingerprint density at radius 2 is 1.75 bits per heavy atom. The van der Waals surface area contributed by atoms with E-state index in [2.05, 4.69) is 19.8 Å². The van der Waals surface area contributed by atoms with Crippen LogP contribution in [0, 0.1) is 0 Å². The number of anilines is 1. The van der Waals surface area contributed by atoms with Crippen molar-refractivity contribution in [2.75, 3.05) is 12.4 Å². The molecule has 0 amide bonds. The SMILES string of the molecule is COc1ccc(CN=C(N)Nc2ccc(OC(F)(F)F)cc2)c(OC(F)F)c1. The number of aliphatic imine (C=N–C) groups is 1. The number of rotatable bonds is 7. The van der Waals surface area contributed by atoms with Gasteiger partial charge in [-0.2, -0.15) is 8.78 Å². The molecule has 11 heteroatoms. The molecule has 0 spiro atoms. The highest BCUT2D eigenvalue weighted by Crippen LogP contribution is 2.27. The van der Waals surface area contributed by atoms with Crippen LogP contribution in [-0.4, -0.2) is 26.0 Å². The molecule has 0 aliphatic rings. The number of methoxy groups -OCH3 is 1. The Balaban J connectivity index is 2.04. The molecule has 6 nitrogen and oxygen atoms in total. The number of halogens is 5. The zero-order valence-corrected chi connectivity index (χ0v) is 14.5. The third-order valence-electron chi connectivity index (χ3n) is 3.27. The van der Waals surface area contributed by atoms with Crippen molar-refractivity contribution >= 4 is 11.6 Å². The minimum Gasteiger partial charge on any atom is -0.497 e. The molecular formula is C17H16F5N3O3. The van der Waals surface area contributed by atoms with Crippen LogP contribution in [0.2, 0.25) is 0 Å². The van der Waals surface area contributed by atoms with Crippen LogP contribution in [0.3, 0.4) is 0 Å². The lowest BCUT2D eigenvalue weighted by molar-refractivity contribution is -0.274. The third kappa shape index (κ3) is 6.82. The van der Waals surface area contributed by atoms with Gasteiger partial charge in [0.2, 0.25) is 0 Å². The van der Waals surface area contributed by atoms with Crippen LogP contribution in [0.4, 0.5) is 27.6 Å². The number of ether oxygens (including phenoxy) is 3. The molecule has 0 unspecified atom stereocenters. The van der Waals surface area contributed by atoms with Crippen molar-refractivity contribution in [2.24, 2.45) is 10.7 Å². The number of hydrogen-bond donors (Lipinski definition) is 2. The second kappa shape index (κ2) is 9.11. The van der Waals surface area contributed by atoms with Gasteiger partial charge in [0.15, 0.2) is 5.96 Å². The standard InChI is InChI=1S/C17H16F5N3O3/c1-26-13-5-2-10(14(8-13)27-15(18)19)9-24-16(23)25-11-3-6-12(7-4-11)28-17(20,21)22/h2-8,15H,9H2,1H3,(H3,23,24,25). The van der Waals surface area contributed by atoms with Crippen LogP contribution in [0.25, 0.3) is 0 Å². The molecule has 28 heavy (non-hydrogen) atoms. The maximum absolute atomic E-state index is 12.5. The largest absolute Gasteiger partial charge is 0.573 e. The van der Waals surface area contributed by atoms with Gasteiger partial charge >= 0.3 is 13.0 Å². The summed E-state index contributed by atoms with van der Waals surface area (Å²) >= 11 is 0. The van der Waals surface area contributed by atoms with E-state index in [-0.39, 0.29) is 24.0 Å². The minimum atomic E-state index is -4.79. The van der Waals surface area contributed by atoms with E-state index in [4.69, 9.17) is 10.5 Å². The maximum atomic E-state index is 12.5. The van der Waals surface area contributed by atoms with Gasteiger partial charge in [0.1, 0.15) is 17.2 Å². The smallest absolute Gasteiger partial charge is 0.497 e. The molecule has 0 aliphatic carbocycles. The van der Waals surface area contributed by atoms with Crippen molar-refractivity contribution < 1.29 is 36.2 Å². The van der Waals surface area contributed by atoms with E-state index in [1.54, 1.807) is 6.07 Å². The van der Waals surface area contributed by atoms with E-state index in [0.29, 0.717) is 17.0 Å². The zero-order valence-electron chi connectivity index (χ0n) is 14.5. The van der Waals surface area contributed by atoms with E-state index in [1.165, 1.54) is 31.4 Å². The molecule has 0 aliphatic heterocycles. The first-order valence-corrected chi connectivity index (χ1v) is 7.71. The van der Waals surface area contributed by atoms with Crippen LogP contribution in [0.1, 0.15) is 5.56 Å².